The number of aryl methyl sites for hydroxylation is 1. The van der Waals surface area contributed by atoms with Gasteiger partial charge in [-0.1, -0.05) is 15.9 Å². The molecule has 0 saturated carbocycles. The molecule has 12 heteroatoms. The van der Waals surface area contributed by atoms with Crippen LogP contribution in [-0.2, 0) is 14.4 Å². The van der Waals surface area contributed by atoms with Crippen LogP contribution in [0.25, 0.3) is 0 Å². The molecule has 0 aliphatic heterocycles. The highest BCUT2D eigenvalue weighted by Crippen LogP contribution is 2.34. The number of hydrogen-bond acceptors (Lipinski definition) is 6. The molecule has 38 heavy (non-hydrogen) atoms. The third kappa shape index (κ3) is 8.52. The Bertz CT molecular complexity index is 1370. The second-order valence-corrected chi connectivity index (χ2v) is 9.74. The van der Waals surface area contributed by atoms with E-state index >= 15 is 0 Å². The van der Waals surface area contributed by atoms with Gasteiger partial charge in [-0.2, -0.15) is 5.10 Å². The molecule has 0 unspecified atom stereocenters. The number of carbonyl (C=O) groups is 3. The lowest BCUT2D eigenvalue weighted by atomic mass is 10.2. The second kappa shape index (κ2) is 13.9. The molecule has 198 valence electrons. The molecule has 0 aromatic heterocycles. The van der Waals surface area contributed by atoms with E-state index in [0.717, 1.165) is 22.2 Å². The quantitative estimate of drug-likeness (QED) is 0.126. The van der Waals surface area contributed by atoms with Crippen LogP contribution in [0.3, 0.4) is 0 Å². The van der Waals surface area contributed by atoms with Crippen LogP contribution < -0.4 is 25.5 Å². The first-order valence-electron chi connectivity index (χ1n) is 11.2. The second-order valence-electron chi connectivity index (χ2n) is 7.72. The minimum Gasteiger partial charge on any atom is -0.490 e. The number of nitrogens with zero attached hydrogens (tertiary/aromatic N) is 1. The van der Waals surface area contributed by atoms with Gasteiger partial charge in [0.1, 0.15) is 5.82 Å². The molecule has 3 N–H and O–H groups in total. The third-order valence-corrected chi connectivity index (χ3v) is 6.50. The Morgan fingerprint density at radius 1 is 1.00 bits per heavy atom. The van der Waals surface area contributed by atoms with Crippen molar-refractivity contribution in [2.75, 3.05) is 23.8 Å². The monoisotopic (exact) mass is 696 g/mol. The van der Waals surface area contributed by atoms with Gasteiger partial charge in [-0.25, -0.2) is 9.82 Å². The standard InChI is InChI=1S/C26H23BrFIN4O5/c1-3-37-22-12-16(13-30-33-26(36)25(35)32-18-6-4-17(28)5-7-18)11-21(29)24(22)38-14-23(34)31-19-8-9-20(27)15(2)10-19/h4-13H,3,14H2,1-2H3,(H,31,34)(H,32,35)(H,33,36)/b30-13-. The first-order chi connectivity index (χ1) is 18.2. The lowest BCUT2D eigenvalue weighted by molar-refractivity contribution is -0.136. The van der Waals surface area contributed by atoms with Crippen LogP contribution in [0.1, 0.15) is 18.1 Å². The highest BCUT2D eigenvalue weighted by molar-refractivity contribution is 14.1. The molecule has 3 rings (SSSR count). The number of ether oxygens (including phenoxy) is 2. The van der Waals surface area contributed by atoms with Gasteiger partial charge < -0.3 is 20.1 Å². The minimum absolute atomic E-state index is 0.238. The molecule has 0 aliphatic rings. The highest BCUT2D eigenvalue weighted by atomic mass is 127. The Kier molecular flexibility index (Phi) is 10.6. The summed E-state index contributed by atoms with van der Waals surface area (Å²) in [4.78, 5) is 36.4. The summed E-state index contributed by atoms with van der Waals surface area (Å²) in [5.74, 6) is -2.00. The lowest BCUT2D eigenvalue weighted by Crippen LogP contribution is -2.32. The average molecular weight is 697 g/mol. The molecule has 0 saturated heterocycles. The molecule has 0 fully saturated rings. The van der Waals surface area contributed by atoms with Gasteiger partial charge in [0, 0.05) is 15.8 Å². The molecule has 0 bridgehead atoms. The highest BCUT2D eigenvalue weighted by Gasteiger charge is 2.15. The fourth-order valence-electron chi connectivity index (χ4n) is 3.06. The topological polar surface area (TPSA) is 118 Å². The maximum Gasteiger partial charge on any atom is 0.329 e. The number of benzene rings is 3. The molecular weight excluding hydrogens is 674 g/mol. The minimum atomic E-state index is -1.00. The van der Waals surface area contributed by atoms with Crippen molar-refractivity contribution in [3.05, 3.63) is 79.6 Å². The number of carbonyl (C=O) groups excluding carboxylic acids is 3. The van der Waals surface area contributed by atoms with E-state index in [1.807, 2.05) is 41.6 Å². The predicted molar refractivity (Wildman–Crippen MR) is 154 cm³/mol. The number of anilines is 2. The maximum absolute atomic E-state index is 13.0. The van der Waals surface area contributed by atoms with Gasteiger partial charge in [-0.05, 0) is 102 Å². The first-order valence-corrected chi connectivity index (χ1v) is 13.1. The van der Waals surface area contributed by atoms with E-state index in [2.05, 4.69) is 37.1 Å². The summed E-state index contributed by atoms with van der Waals surface area (Å²) in [7, 11) is 0. The van der Waals surface area contributed by atoms with E-state index in [4.69, 9.17) is 9.47 Å². The van der Waals surface area contributed by atoms with Crippen LogP contribution in [0.2, 0.25) is 0 Å². The van der Waals surface area contributed by atoms with Gasteiger partial charge in [0.2, 0.25) is 0 Å². The Labute approximate surface area is 240 Å². The van der Waals surface area contributed by atoms with Gasteiger partial charge in [0.15, 0.2) is 18.1 Å². The van der Waals surface area contributed by atoms with Crippen molar-refractivity contribution in [2.24, 2.45) is 5.10 Å². The smallest absolute Gasteiger partial charge is 0.329 e. The maximum atomic E-state index is 13.0. The molecule has 0 radical (unpaired) electrons. The molecule has 9 nitrogen and oxygen atoms in total. The van der Waals surface area contributed by atoms with E-state index in [-0.39, 0.29) is 18.2 Å². The van der Waals surface area contributed by atoms with Crippen molar-refractivity contribution in [1.82, 2.24) is 5.43 Å². The van der Waals surface area contributed by atoms with Crippen LogP contribution in [0.4, 0.5) is 15.8 Å². The van der Waals surface area contributed by atoms with Crippen LogP contribution in [-0.4, -0.2) is 37.1 Å². The SMILES string of the molecule is CCOc1cc(/C=N\NC(=O)C(=O)Nc2ccc(F)cc2)cc(I)c1OCC(=O)Nc1ccc(Br)c(C)c1. The van der Waals surface area contributed by atoms with Gasteiger partial charge in [-0.15, -0.1) is 0 Å². The molecule has 0 heterocycles. The Hall–Kier alpha value is -3.52. The normalized spacial score (nSPS) is 10.7. The molecule has 0 spiro atoms. The summed E-state index contributed by atoms with van der Waals surface area (Å²) < 4.78 is 26.0. The predicted octanol–water partition coefficient (Wildman–Crippen LogP) is 5.01. The van der Waals surface area contributed by atoms with Crippen molar-refractivity contribution in [2.45, 2.75) is 13.8 Å². The van der Waals surface area contributed by atoms with Crippen molar-refractivity contribution in [1.29, 1.82) is 0 Å². The molecule has 0 aliphatic carbocycles. The van der Waals surface area contributed by atoms with Gasteiger partial charge >= 0.3 is 11.8 Å². The summed E-state index contributed by atoms with van der Waals surface area (Å²) in [5.41, 5.74) is 4.59. The molecule has 3 amide bonds. The number of rotatable bonds is 9. The zero-order valence-corrected chi connectivity index (χ0v) is 24.1. The van der Waals surface area contributed by atoms with Crippen LogP contribution in [0, 0.1) is 16.3 Å². The number of amides is 3. The first kappa shape index (κ1) is 29.0. The van der Waals surface area contributed by atoms with Crippen LogP contribution in [0.5, 0.6) is 11.5 Å². The average Bonchev–Trinajstić information content (AvgIpc) is 2.87. The van der Waals surface area contributed by atoms with E-state index in [1.165, 1.54) is 18.3 Å². The largest absolute Gasteiger partial charge is 0.490 e. The van der Waals surface area contributed by atoms with Gasteiger partial charge in [0.25, 0.3) is 5.91 Å². The van der Waals surface area contributed by atoms with Gasteiger partial charge in [-0.3, -0.25) is 14.4 Å². The lowest BCUT2D eigenvalue weighted by Gasteiger charge is -2.15. The number of nitrogens with one attached hydrogen (secondary N) is 3. The summed E-state index contributed by atoms with van der Waals surface area (Å²) in [6.45, 7) is 3.83. The fraction of sp³-hybridized carbons (Fsp3) is 0.154. The summed E-state index contributed by atoms with van der Waals surface area (Å²) in [6.07, 6.45) is 1.33. The van der Waals surface area contributed by atoms with Crippen molar-refractivity contribution < 1.29 is 28.2 Å². The van der Waals surface area contributed by atoms with E-state index < -0.39 is 17.6 Å². The van der Waals surface area contributed by atoms with Crippen LogP contribution >= 0.6 is 38.5 Å². The summed E-state index contributed by atoms with van der Waals surface area (Å²) in [6, 6.07) is 13.8. The molecule has 3 aromatic carbocycles. The summed E-state index contributed by atoms with van der Waals surface area (Å²) in [5, 5.41) is 8.94. The van der Waals surface area contributed by atoms with E-state index in [0.29, 0.717) is 32.9 Å². The van der Waals surface area contributed by atoms with E-state index in [1.54, 1.807) is 25.1 Å². The van der Waals surface area contributed by atoms with Gasteiger partial charge in [0.05, 0.1) is 16.4 Å². The van der Waals surface area contributed by atoms with Crippen LogP contribution in [0.15, 0.2) is 64.2 Å². The fourth-order valence-corrected chi connectivity index (χ4v) is 4.09. The van der Waals surface area contributed by atoms with E-state index in [9.17, 15) is 18.8 Å². The molecular formula is C26H23BrFIN4O5. The number of hydrazone groups is 1. The van der Waals surface area contributed by atoms with Crippen molar-refractivity contribution >= 4 is 73.8 Å². The molecule has 3 aromatic rings. The zero-order valence-electron chi connectivity index (χ0n) is 20.3. The number of halogens is 3. The summed E-state index contributed by atoms with van der Waals surface area (Å²) >= 11 is 5.46. The number of hydrogen-bond donors (Lipinski definition) is 3. The Balaban J connectivity index is 1.61. The van der Waals surface area contributed by atoms with Crippen molar-refractivity contribution in [3.63, 3.8) is 0 Å². The zero-order chi connectivity index (χ0) is 27.7. The Morgan fingerprint density at radius 2 is 1.71 bits per heavy atom. The Morgan fingerprint density at radius 3 is 2.39 bits per heavy atom. The van der Waals surface area contributed by atoms with Crippen molar-refractivity contribution in [3.8, 4) is 11.5 Å². The molecule has 0 atom stereocenters. The third-order valence-electron chi connectivity index (χ3n) is 4.81.